The Labute approximate surface area is 176 Å². The molecule has 1 fully saturated rings. The number of carbonyl (C=O) groups is 2. The van der Waals surface area contributed by atoms with E-state index < -0.39 is 18.3 Å². The Morgan fingerprint density at radius 1 is 1.32 bits per heavy atom. The highest BCUT2D eigenvalue weighted by atomic mass is 19.3. The van der Waals surface area contributed by atoms with Gasteiger partial charge in [0.1, 0.15) is 5.75 Å². The molecule has 0 aliphatic carbocycles. The number of ether oxygens (including phenoxy) is 3. The molecule has 1 aromatic carbocycles. The molecule has 2 N–H and O–H groups in total. The minimum Gasteiger partial charge on any atom is -0.484 e. The van der Waals surface area contributed by atoms with Crippen molar-refractivity contribution in [3.63, 3.8) is 0 Å². The van der Waals surface area contributed by atoms with Gasteiger partial charge in [0, 0.05) is 44.2 Å². The average molecular weight is 443 g/mol. The van der Waals surface area contributed by atoms with Crippen molar-refractivity contribution < 1.29 is 42.5 Å². The maximum Gasteiger partial charge on any atom is 0.586 e. The molecule has 12 heteroatoms. The summed E-state index contributed by atoms with van der Waals surface area (Å²) in [7, 11) is 1.71. The zero-order valence-corrected chi connectivity index (χ0v) is 17.0. The predicted molar refractivity (Wildman–Crippen MR) is 101 cm³/mol. The van der Waals surface area contributed by atoms with E-state index in [1.165, 1.54) is 23.3 Å². The van der Waals surface area contributed by atoms with Gasteiger partial charge in [-0.1, -0.05) is 6.58 Å². The lowest BCUT2D eigenvalue weighted by atomic mass is 10.1. The smallest absolute Gasteiger partial charge is 0.484 e. The Morgan fingerprint density at radius 2 is 2.06 bits per heavy atom. The maximum absolute atomic E-state index is 13.0. The number of nitrogens with one attached hydrogen (secondary N) is 2. The number of alkyl halides is 2. The molecule has 2 aliphatic rings. The van der Waals surface area contributed by atoms with Crippen LogP contribution in [0.3, 0.4) is 0 Å². The summed E-state index contributed by atoms with van der Waals surface area (Å²) in [5.74, 6) is -0.973. The first-order chi connectivity index (χ1) is 14.6. The van der Waals surface area contributed by atoms with Gasteiger partial charge in [-0.2, -0.15) is 5.06 Å². The van der Waals surface area contributed by atoms with Crippen molar-refractivity contribution in [2.75, 3.05) is 20.2 Å². The van der Waals surface area contributed by atoms with Gasteiger partial charge < -0.3 is 24.8 Å². The van der Waals surface area contributed by atoms with Crippen molar-refractivity contribution in [1.29, 1.82) is 0 Å². The van der Waals surface area contributed by atoms with Crippen molar-refractivity contribution in [3.05, 3.63) is 30.5 Å². The van der Waals surface area contributed by atoms with E-state index >= 15 is 0 Å². The molecule has 0 bridgehead atoms. The molecule has 2 heterocycles. The Balaban J connectivity index is 1.34. The molecule has 3 rings (SSSR count). The molecule has 2 atom stereocenters. The summed E-state index contributed by atoms with van der Waals surface area (Å²) in [5, 5.41) is 6.74. The topological polar surface area (TPSA) is 108 Å². The standard InChI is InChI=1S/C19H23F2N3O7/c1-11(6-7-22-18(26)16-8-12(2)24(3)31-30-16)23-17(25)10-27-13-4-5-14-15(9-13)29-19(20,21)28-14/h4-5,9,12,16H,1,6-8,10H2,2-3H3,(H,22,26)(H,23,25). The molecule has 170 valence electrons. The van der Waals surface area contributed by atoms with E-state index in [1.54, 1.807) is 7.05 Å². The van der Waals surface area contributed by atoms with E-state index in [0.29, 0.717) is 18.5 Å². The quantitative estimate of drug-likeness (QED) is 0.582. The third-order valence-corrected chi connectivity index (χ3v) is 4.53. The van der Waals surface area contributed by atoms with Crippen LogP contribution in [0.25, 0.3) is 0 Å². The molecule has 0 radical (unpaired) electrons. The Bertz CT molecular complexity index is 852. The fourth-order valence-electron chi connectivity index (χ4n) is 2.76. The third kappa shape index (κ3) is 6.26. The molecule has 31 heavy (non-hydrogen) atoms. The highest BCUT2D eigenvalue weighted by Crippen LogP contribution is 2.42. The van der Waals surface area contributed by atoms with Gasteiger partial charge in [0.2, 0.25) is 0 Å². The monoisotopic (exact) mass is 443 g/mol. The fourth-order valence-corrected chi connectivity index (χ4v) is 2.76. The highest BCUT2D eigenvalue weighted by molar-refractivity contribution is 5.81. The van der Waals surface area contributed by atoms with Crippen LogP contribution >= 0.6 is 0 Å². The summed E-state index contributed by atoms with van der Waals surface area (Å²) in [6.07, 6.45) is -3.67. The number of hydrogen-bond donors (Lipinski definition) is 2. The zero-order valence-electron chi connectivity index (χ0n) is 17.0. The summed E-state index contributed by atoms with van der Waals surface area (Å²) < 4.78 is 39.9. The lowest BCUT2D eigenvalue weighted by Crippen LogP contribution is -2.47. The SMILES string of the molecule is C=C(CCNC(=O)C1CC(C)N(C)OO1)NC(=O)COc1ccc2c(c1)OC(F)(F)O2. The largest absolute Gasteiger partial charge is 0.586 e. The second-order valence-corrected chi connectivity index (χ2v) is 7.05. The van der Waals surface area contributed by atoms with Gasteiger partial charge in [0.15, 0.2) is 24.2 Å². The number of hydrogen-bond acceptors (Lipinski definition) is 8. The summed E-state index contributed by atoms with van der Waals surface area (Å²) in [6, 6.07) is 3.85. The first-order valence-electron chi connectivity index (χ1n) is 9.47. The van der Waals surface area contributed by atoms with Crippen LogP contribution in [0.15, 0.2) is 30.5 Å². The second-order valence-electron chi connectivity index (χ2n) is 7.05. The Hall–Kier alpha value is -2.96. The van der Waals surface area contributed by atoms with Crippen molar-refractivity contribution in [1.82, 2.24) is 15.7 Å². The van der Waals surface area contributed by atoms with Crippen molar-refractivity contribution in [2.24, 2.45) is 0 Å². The van der Waals surface area contributed by atoms with Crippen molar-refractivity contribution in [3.8, 4) is 17.2 Å². The van der Waals surface area contributed by atoms with Gasteiger partial charge in [-0.05, 0) is 19.1 Å². The normalized spacial score (nSPS) is 21.9. The van der Waals surface area contributed by atoms with Crippen LogP contribution in [0.1, 0.15) is 19.8 Å². The Kier molecular flexibility index (Phi) is 6.93. The summed E-state index contributed by atoms with van der Waals surface area (Å²) in [4.78, 5) is 34.0. The minimum atomic E-state index is -3.73. The minimum absolute atomic E-state index is 0.0278. The molecular weight excluding hydrogens is 420 g/mol. The van der Waals surface area contributed by atoms with Crippen LogP contribution in [0.5, 0.6) is 17.2 Å². The van der Waals surface area contributed by atoms with E-state index in [9.17, 15) is 18.4 Å². The van der Waals surface area contributed by atoms with E-state index in [2.05, 4.69) is 26.7 Å². The molecular formula is C19H23F2N3O7. The van der Waals surface area contributed by atoms with Crippen LogP contribution in [0.2, 0.25) is 0 Å². The lowest BCUT2D eigenvalue weighted by molar-refractivity contribution is -0.464. The number of fused-ring (bicyclic) bond motifs is 1. The first kappa shape index (κ1) is 22.7. The number of rotatable bonds is 8. The van der Waals surface area contributed by atoms with Crippen LogP contribution in [0.4, 0.5) is 8.78 Å². The molecule has 1 aromatic rings. The number of benzene rings is 1. The van der Waals surface area contributed by atoms with Gasteiger partial charge in [-0.15, -0.1) is 13.8 Å². The first-order valence-corrected chi connectivity index (χ1v) is 9.47. The van der Waals surface area contributed by atoms with Crippen LogP contribution < -0.4 is 24.8 Å². The average Bonchev–Trinajstić information content (AvgIpc) is 3.01. The number of amides is 2. The van der Waals surface area contributed by atoms with Gasteiger partial charge in [-0.3, -0.25) is 9.59 Å². The molecule has 2 amide bonds. The molecule has 2 aliphatic heterocycles. The van der Waals surface area contributed by atoms with E-state index in [0.717, 1.165) is 0 Å². The zero-order chi connectivity index (χ0) is 22.6. The van der Waals surface area contributed by atoms with Gasteiger partial charge >= 0.3 is 6.29 Å². The number of carbonyl (C=O) groups excluding carboxylic acids is 2. The molecule has 2 unspecified atom stereocenters. The van der Waals surface area contributed by atoms with Crippen molar-refractivity contribution in [2.45, 2.75) is 38.2 Å². The lowest BCUT2D eigenvalue weighted by Gasteiger charge is -2.31. The molecule has 0 aromatic heterocycles. The van der Waals surface area contributed by atoms with Crippen LogP contribution in [0, 0.1) is 0 Å². The fraction of sp³-hybridized carbons (Fsp3) is 0.474. The second kappa shape index (κ2) is 9.45. The highest BCUT2D eigenvalue weighted by Gasteiger charge is 2.43. The van der Waals surface area contributed by atoms with E-state index in [-0.39, 0.29) is 42.3 Å². The summed E-state index contributed by atoms with van der Waals surface area (Å²) >= 11 is 0. The molecule has 0 saturated carbocycles. The number of hydroxylamine groups is 2. The number of halogens is 2. The van der Waals surface area contributed by atoms with Crippen LogP contribution in [-0.4, -0.2) is 55.5 Å². The van der Waals surface area contributed by atoms with E-state index in [4.69, 9.17) is 14.6 Å². The van der Waals surface area contributed by atoms with Gasteiger partial charge in [0.05, 0.1) is 0 Å². The van der Waals surface area contributed by atoms with E-state index in [1.807, 2.05) is 6.92 Å². The molecule has 10 nitrogen and oxygen atoms in total. The van der Waals surface area contributed by atoms with Gasteiger partial charge in [-0.25, -0.2) is 4.89 Å². The van der Waals surface area contributed by atoms with Crippen LogP contribution in [-0.2, 0) is 19.5 Å². The maximum atomic E-state index is 13.0. The summed E-state index contributed by atoms with van der Waals surface area (Å²) in [6.45, 7) is 5.49. The Morgan fingerprint density at radius 3 is 2.81 bits per heavy atom. The van der Waals surface area contributed by atoms with Crippen molar-refractivity contribution >= 4 is 11.8 Å². The molecule has 1 saturated heterocycles. The third-order valence-electron chi connectivity index (χ3n) is 4.53. The molecule has 0 spiro atoms. The van der Waals surface area contributed by atoms with Gasteiger partial charge in [0.25, 0.3) is 11.8 Å². The summed E-state index contributed by atoms with van der Waals surface area (Å²) in [5.41, 5.74) is 0.369. The predicted octanol–water partition coefficient (Wildman–Crippen LogP) is 1.48. The number of nitrogens with zero attached hydrogens (tertiary/aromatic N) is 1.